The summed E-state index contributed by atoms with van der Waals surface area (Å²) >= 11 is 5.98. The second-order valence-electron chi connectivity index (χ2n) is 6.92. The zero-order valence-electron chi connectivity index (χ0n) is 16.5. The number of fused-ring (bicyclic) bond motifs is 1. The van der Waals surface area contributed by atoms with Crippen molar-refractivity contribution < 1.29 is 17.9 Å². The number of hydrogen-bond donors (Lipinski definition) is 1. The van der Waals surface area contributed by atoms with Gasteiger partial charge in [0.05, 0.1) is 17.4 Å². The Morgan fingerprint density at radius 3 is 2.65 bits per heavy atom. The molecule has 1 N–H and O–H groups in total. The molecule has 1 atom stereocenters. The molecule has 0 saturated heterocycles. The highest BCUT2D eigenvalue weighted by molar-refractivity contribution is 7.92. The smallest absolute Gasteiger partial charge is 0.264 e. The van der Waals surface area contributed by atoms with Gasteiger partial charge in [0.1, 0.15) is 12.3 Å². The molecule has 160 valence electrons. The van der Waals surface area contributed by atoms with E-state index < -0.39 is 15.9 Å². The fraction of sp³-hybridized carbons (Fsp3) is 0.190. The van der Waals surface area contributed by atoms with Crippen LogP contribution in [0.5, 0.6) is 5.88 Å². The predicted molar refractivity (Wildman–Crippen MR) is 117 cm³/mol. The van der Waals surface area contributed by atoms with Gasteiger partial charge >= 0.3 is 0 Å². The number of nitrogens with one attached hydrogen (secondary N) is 1. The van der Waals surface area contributed by atoms with E-state index in [4.69, 9.17) is 16.3 Å². The summed E-state index contributed by atoms with van der Waals surface area (Å²) in [6, 6.07) is 16.8. The molecule has 1 amide bonds. The van der Waals surface area contributed by atoms with Crippen LogP contribution in [0.4, 0.5) is 11.5 Å². The van der Waals surface area contributed by atoms with E-state index in [1.807, 2.05) is 30.3 Å². The molecule has 1 aliphatic rings. The molecule has 0 bridgehead atoms. The highest BCUT2D eigenvalue weighted by atomic mass is 35.5. The number of aromatic nitrogens is 2. The third kappa shape index (κ3) is 4.33. The second kappa shape index (κ2) is 8.52. The molecule has 1 aromatic heterocycles. The molecule has 0 fully saturated rings. The SMILES string of the molecule is C[C@H](C(=O)Nc1cc2c(nn1)OCCN2S(=O)(=O)c1cccc(Cl)c1)c1ccccc1. The molecule has 0 saturated carbocycles. The van der Waals surface area contributed by atoms with Crippen molar-refractivity contribution in [2.45, 2.75) is 17.7 Å². The van der Waals surface area contributed by atoms with Crippen LogP contribution in [0.15, 0.2) is 65.6 Å². The summed E-state index contributed by atoms with van der Waals surface area (Å²) in [4.78, 5) is 12.7. The Hall–Kier alpha value is -3.17. The molecule has 1 aliphatic heterocycles. The van der Waals surface area contributed by atoms with Crippen LogP contribution in [0.2, 0.25) is 5.02 Å². The van der Waals surface area contributed by atoms with Gasteiger partial charge in [0.2, 0.25) is 5.91 Å². The largest absolute Gasteiger partial charge is 0.473 e. The Morgan fingerprint density at radius 2 is 1.90 bits per heavy atom. The molecule has 0 spiro atoms. The van der Waals surface area contributed by atoms with E-state index in [-0.39, 0.29) is 41.3 Å². The molecule has 2 aromatic carbocycles. The summed E-state index contributed by atoms with van der Waals surface area (Å²) in [5.74, 6) is -0.516. The van der Waals surface area contributed by atoms with Gasteiger partial charge in [-0.15, -0.1) is 10.2 Å². The minimum Gasteiger partial charge on any atom is -0.473 e. The average molecular weight is 459 g/mol. The first kappa shape index (κ1) is 21.1. The fourth-order valence-electron chi connectivity index (χ4n) is 3.19. The van der Waals surface area contributed by atoms with Crippen molar-refractivity contribution in [1.82, 2.24) is 10.2 Å². The molecule has 8 nitrogen and oxygen atoms in total. The highest BCUT2D eigenvalue weighted by Crippen LogP contribution is 2.35. The zero-order chi connectivity index (χ0) is 22.0. The van der Waals surface area contributed by atoms with Gasteiger partial charge in [0, 0.05) is 11.1 Å². The van der Waals surface area contributed by atoms with E-state index in [2.05, 4.69) is 15.5 Å². The molecule has 2 heterocycles. The summed E-state index contributed by atoms with van der Waals surface area (Å²) in [5, 5.41) is 10.9. The standard InChI is InChI=1S/C21H19ClN4O4S/c1-14(15-6-3-2-4-7-15)20(27)23-19-13-18-21(25-24-19)30-11-10-26(18)31(28,29)17-9-5-8-16(22)12-17/h2-9,12-14H,10-11H2,1H3,(H,23,24,27)/t14-/m0/s1. The first-order valence-electron chi connectivity index (χ1n) is 9.51. The van der Waals surface area contributed by atoms with Crippen molar-refractivity contribution in [3.05, 3.63) is 71.2 Å². The summed E-state index contributed by atoms with van der Waals surface area (Å²) in [7, 11) is -3.91. The Morgan fingerprint density at radius 1 is 1.13 bits per heavy atom. The van der Waals surface area contributed by atoms with E-state index >= 15 is 0 Å². The highest BCUT2D eigenvalue weighted by Gasteiger charge is 2.32. The van der Waals surface area contributed by atoms with Crippen LogP contribution >= 0.6 is 11.6 Å². The predicted octanol–water partition coefficient (Wildman–Crippen LogP) is 3.46. The number of anilines is 2. The molecule has 0 unspecified atom stereocenters. The monoisotopic (exact) mass is 458 g/mol. The fourth-order valence-corrected chi connectivity index (χ4v) is 4.93. The minimum atomic E-state index is -3.91. The van der Waals surface area contributed by atoms with Gasteiger partial charge in [0.15, 0.2) is 5.82 Å². The quantitative estimate of drug-likeness (QED) is 0.628. The number of halogens is 1. The van der Waals surface area contributed by atoms with Crippen molar-refractivity contribution >= 4 is 39.0 Å². The Balaban J connectivity index is 1.63. The van der Waals surface area contributed by atoms with Gasteiger partial charge in [0.25, 0.3) is 15.9 Å². The maximum absolute atomic E-state index is 13.2. The van der Waals surface area contributed by atoms with Crippen molar-refractivity contribution in [1.29, 1.82) is 0 Å². The van der Waals surface area contributed by atoms with Crippen molar-refractivity contribution in [3.8, 4) is 5.88 Å². The van der Waals surface area contributed by atoms with Crippen molar-refractivity contribution in [2.75, 3.05) is 22.8 Å². The average Bonchev–Trinajstić information content (AvgIpc) is 2.78. The van der Waals surface area contributed by atoms with Crippen LogP contribution in [0.1, 0.15) is 18.4 Å². The van der Waals surface area contributed by atoms with Crippen LogP contribution in [-0.2, 0) is 14.8 Å². The number of carbonyl (C=O) groups is 1. The molecule has 0 radical (unpaired) electrons. The normalized spacial score (nSPS) is 14.3. The number of ether oxygens (including phenoxy) is 1. The Bertz CT molecular complexity index is 1220. The van der Waals surface area contributed by atoms with Crippen LogP contribution in [-0.4, -0.2) is 37.7 Å². The number of carbonyl (C=O) groups excluding carboxylic acids is 1. The third-order valence-electron chi connectivity index (χ3n) is 4.87. The maximum Gasteiger partial charge on any atom is 0.264 e. The maximum atomic E-state index is 13.2. The zero-order valence-corrected chi connectivity index (χ0v) is 18.1. The van der Waals surface area contributed by atoms with Gasteiger partial charge in [-0.3, -0.25) is 9.10 Å². The molecule has 0 aliphatic carbocycles. The van der Waals surface area contributed by atoms with Gasteiger partial charge in [-0.25, -0.2) is 8.42 Å². The summed E-state index contributed by atoms with van der Waals surface area (Å²) < 4.78 is 33.1. The number of nitrogens with zero attached hydrogens (tertiary/aromatic N) is 3. The number of hydrogen-bond acceptors (Lipinski definition) is 6. The first-order chi connectivity index (χ1) is 14.9. The van der Waals surface area contributed by atoms with E-state index in [0.717, 1.165) is 5.56 Å². The molecule has 3 aromatic rings. The summed E-state index contributed by atoms with van der Waals surface area (Å²) in [6.07, 6.45) is 0. The van der Waals surface area contributed by atoms with E-state index in [9.17, 15) is 13.2 Å². The number of benzene rings is 2. The van der Waals surface area contributed by atoms with Crippen LogP contribution < -0.4 is 14.4 Å². The van der Waals surface area contributed by atoms with Crippen LogP contribution in [0.3, 0.4) is 0 Å². The van der Waals surface area contributed by atoms with E-state index in [1.54, 1.807) is 19.1 Å². The molecule has 4 rings (SSSR count). The number of amides is 1. The molecular weight excluding hydrogens is 440 g/mol. The van der Waals surface area contributed by atoms with Gasteiger partial charge in [-0.2, -0.15) is 0 Å². The molecule has 31 heavy (non-hydrogen) atoms. The third-order valence-corrected chi connectivity index (χ3v) is 6.92. The van der Waals surface area contributed by atoms with Crippen LogP contribution in [0.25, 0.3) is 0 Å². The Labute approximate surface area is 184 Å². The lowest BCUT2D eigenvalue weighted by Crippen LogP contribution is -2.38. The van der Waals surface area contributed by atoms with Crippen LogP contribution in [0, 0.1) is 0 Å². The van der Waals surface area contributed by atoms with Crippen molar-refractivity contribution in [3.63, 3.8) is 0 Å². The van der Waals surface area contributed by atoms with Gasteiger partial charge in [-0.1, -0.05) is 48.0 Å². The summed E-state index contributed by atoms with van der Waals surface area (Å²) in [5.41, 5.74) is 1.04. The second-order valence-corrected chi connectivity index (χ2v) is 9.22. The lowest BCUT2D eigenvalue weighted by Gasteiger charge is -2.29. The Kier molecular flexibility index (Phi) is 5.79. The van der Waals surface area contributed by atoms with E-state index in [1.165, 1.54) is 22.5 Å². The minimum absolute atomic E-state index is 0.0490. The number of rotatable bonds is 5. The first-order valence-corrected chi connectivity index (χ1v) is 11.3. The molecular formula is C21H19ClN4O4S. The topological polar surface area (TPSA) is 101 Å². The van der Waals surface area contributed by atoms with Crippen molar-refractivity contribution in [2.24, 2.45) is 0 Å². The summed E-state index contributed by atoms with van der Waals surface area (Å²) in [6.45, 7) is 1.98. The lowest BCUT2D eigenvalue weighted by atomic mass is 10.0. The molecule has 10 heteroatoms. The lowest BCUT2D eigenvalue weighted by molar-refractivity contribution is -0.117. The number of sulfonamides is 1. The van der Waals surface area contributed by atoms with Gasteiger partial charge in [-0.05, 0) is 30.7 Å². The van der Waals surface area contributed by atoms with E-state index in [0.29, 0.717) is 5.02 Å². The van der Waals surface area contributed by atoms with Gasteiger partial charge < -0.3 is 10.1 Å².